The Bertz CT molecular complexity index is 610. The molecule has 0 bridgehead atoms. The normalized spacial score (nSPS) is 10.8. The van der Waals surface area contributed by atoms with Crippen molar-refractivity contribution in [1.82, 2.24) is 19.7 Å². The molecule has 108 valence electrons. The van der Waals surface area contributed by atoms with Gasteiger partial charge in [-0.25, -0.2) is 4.98 Å². The lowest BCUT2D eigenvalue weighted by atomic mass is 10.4. The number of aryl methyl sites for hydroxylation is 1. The number of thioether (sulfide) groups is 1. The number of carboxylic acid groups (broad SMARTS) is 1. The van der Waals surface area contributed by atoms with E-state index in [1.807, 2.05) is 31.4 Å². The Balaban J connectivity index is 2.09. The van der Waals surface area contributed by atoms with Crippen molar-refractivity contribution in [2.24, 2.45) is 7.05 Å². The molecule has 0 amide bonds. The largest absolute Gasteiger partial charge is 0.481 e. The Morgan fingerprint density at radius 1 is 1.55 bits per heavy atom. The highest BCUT2D eigenvalue weighted by atomic mass is 32.2. The van der Waals surface area contributed by atoms with E-state index in [1.165, 1.54) is 4.88 Å². The van der Waals surface area contributed by atoms with E-state index < -0.39 is 5.97 Å². The quantitative estimate of drug-likeness (QED) is 0.807. The molecule has 9 heteroatoms. The highest BCUT2D eigenvalue weighted by Crippen LogP contribution is 2.22. The van der Waals surface area contributed by atoms with Crippen LogP contribution in [0.25, 0.3) is 0 Å². The van der Waals surface area contributed by atoms with Gasteiger partial charge in [0.25, 0.3) is 0 Å². The fourth-order valence-corrected chi connectivity index (χ4v) is 3.11. The predicted molar refractivity (Wildman–Crippen MR) is 78.3 cm³/mol. The monoisotopic (exact) mass is 313 g/mol. The molecule has 7 nitrogen and oxygen atoms in total. The summed E-state index contributed by atoms with van der Waals surface area (Å²) >= 11 is 2.76. The second kappa shape index (κ2) is 6.23. The molecule has 0 fully saturated rings. The third-order valence-corrected chi connectivity index (χ3v) is 4.63. The Labute approximate surface area is 124 Å². The van der Waals surface area contributed by atoms with Gasteiger partial charge in [-0.2, -0.15) is 0 Å². The van der Waals surface area contributed by atoms with Crippen molar-refractivity contribution in [2.75, 3.05) is 17.7 Å². The van der Waals surface area contributed by atoms with E-state index >= 15 is 0 Å². The highest BCUT2D eigenvalue weighted by molar-refractivity contribution is 7.99. The third-order valence-electron chi connectivity index (χ3n) is 2.70. The number of thiazole rings is 1. The number of hydrogen-bond donors (Lipinski definition) is 1. The molecule has 0 aliphatic heterocycles. The standard InChI is InChI=1S/C11H15N5O2S2/c1-7-8(20-6-12-7)4-15(2)10-13-14-11(16(10)3)19-5-9(17)18/h6H,4-5H2,1-3H3,(H,17,18). The molecule has 2 heterocycles. The van der Waals surface area contributed by atoms with Gasteiger partial charge < -0.3 is 10.0 Å². The number of anilines is 1. The first-order valence-corrected chi connectivity index (χ1v) is 7.69. The van der Waals surface area contributed by atoms with Crippen LogP contribution in [0.3, 0.4) is 0 Å². The van der Waals surface area contributed by atoms with Crippen LogP contribution in [0, 0.1) is 6.92 Å². The summed E-state index contributed by atoms with van der Waals surface area (Å²) in [6.45, 7) is 2.68. The van der Waals surface area contributed by atoms with E-state index in [2.05, 4.69) is 15.2 Å². The van der Waals surface area contributed by atoms with E-state index in [-0.39, 0.29) is 5.75 Å². The van der Waals surface area contributed by atoms with Crippen molar-refractivity contribution < 1.29 is 9.90 Å². The minimum Gasteiger partial charge on any atom is -0.481 e. The average Bonchev–Trinajstić information content (AvgIpc) is 2.94. The second-order valence-corrected chi connectivity index (χ2v) is 6.12. The summed E-state index contributed by atoms with van der Waals surface area (Å²) in [5.74, 6) is -0.192. The summed E-state index contributed by atoms with van der Waals surface area (Å²) in [5.41, 5.74) is 2.84. The van der Waals surface area contributed by atoms with Crippen LogP contribution in [0.2, 0.25) is 0 Å². The zero-order valence-corrected chi connectivity index (χ0v) is 13.0. The average molecular weight is 313 g/mol. The van der Waals surface area contributed by atoms with Crippen LogP contribution < -0.4 is 4.90 Å². The molecule has 0 aliphatic carbocycles. The zero-order valence-electron chi connectivity index (χ0n) is 11.4. The van der Waals surface area contributed by atoms with Crippen LogP contribution in [-0.4, -0.2) is 43.6 Å². The van der Waals surface area contributed by atoms with Gasteiger partial charge in [0, 0.05) is 19.0 Å². The van der Waals surface area contributed by atoms with Crippen LogP contribution in [0.4, 0.5) is 5.95 Å². The molecule has 0 spiro atoms. The van der Waals surface area contributed by atoms with Crippen LogP contribution in [0.1, 0.15) is 10.6 Å². The molecule has 0 saturated heterocycles. The molecule has 0 unspecified atom stereocenters. The van der Waals surface area contributed by atoms with Crippen LogP contribution in [0.15, 0.2) is 10.7 Å². The number of carbonyl (C=O) groups is 1. The molecule has 0 radical (unpaired) electrons. The van der Waals surface area contributed by atoms with Gasteiger partial charge in [0.2, 0.25) is 5.95 Å². The predicted octanol–water partition coefficient (Wildman–Crippen LogP) is 1.39. The number of aromatic nitrogens is 4. The molecule has 2 aromatic rings. The lowest BCUT2D eigenvalue weighted by molar-refractivity contribution is -0.133. The van der Waals surface area contributed by atoms with E-state index in [0.29, 0.717) is 17.6 Å². The number of rotatable bonds is 6. The lowest BCUT2D eigenvalue weighted by Gasteiger charge is -2.17. The maximum absolute atomic E-state index is 10.6. The van der Waals surface area contributed by atoms with Gasteiger partial charge in [-0.05, 0) is 6.92 Å². The number of aliphatic carboxylic acids is 1. The Kier molecular flexibility index (Phi) is 4.61. The fraction of sp³-hybridized carbons (Fsp3) is 0.455. The summed E-state index contributed by atoms with van der Waals surface area (Å²) in [4.78, 5) is 17.9. The highest BCUT2D eigenvalue weighted by Gasteiger charge is 2.15. The van der Waals surface area contributed by atoms with Crippen molar-refractivity contribution in [2.45, 2.75) is 18.6 Å². The maximum atomic E-state index is 10.6. The van der Waals surface area contributed by atoms with Crippen molar-refractivity contribution in [3.05, 3.63) is 16.1 Å². The number of nitrogens with zero attached hydrogens (tertiary/aromatic N) is 5. The summed E-state index contributed by atoms with van der Waals surface area (Å²) in [7, 11) is 3.75. The summed E-state index contributed by atoms with van der Waals surface area (Å²) in [6, 6.07) is 0. The number of carboxylic acids is 1. The second-order valence-electron chi connectivity index (χ2n) is 4.24. The SMILES string of the molecule is Cc1ncsc1CN(C)c1nnc(SCC(=O)O)n1C. The van der Waals surface area contributed by atoms with Gasteiger partial charge in [0.1, 0.15) is 0 Å². The first kappa shape index (κ1) is 14.8. The van der Waals surface area contributed by atoms with Gasteiger partial charge in [0.05, 0.1) is 23.5 Å². The van der Waals surface area contributed by atoms with Gasteiger partial charge in [-0.15, -0.1) is 21.5 Å². The summed E-state index contributed by atoms with van der Waals surface area (Å²) in [6.07, 6.45) is 0. The molecular formula is C11H15N5O2S2. The minimum atomic E-state index is -0.867. The van der Waals surface area contributed by atoms with Crippen LogP contribution >= 0.6 is 23.1 Å². The molecule has 0 aromatic carbocycles. The molecular weight excluding hydrogens is 298 g/mol. The Hall–Kier alpha value is -1.61. The Morgan fingerprint density at radius 2 is 2.30 bits per heavy atom. The fourth-order valence-electron chi connectivity index (χ4n) is 1.66. The number of hydrogen-bond acceptors (Lipinski definition) is 7. The topological polar surface area (TPSA) is 84.1 Å². The maximum Gasteiger partial charge on any atom is 0.313 e. The van der Waals surface area contributed by atoms with E-state index in [4.69, 9.17) is 5.11 Å². The molecule has 2 rings (SSSR count). The Morgan fingerprint density at radius 3 is 2.90 bits per heavy atom. The molecule has 0 saturated carbocycles. The molecule has 0 aliphatic rings. The van der Waals surface area contributed by atoms with Crippen LogP contribution in [-0.2, 0) is 18.4 Å². The first-order valence-electron chi connectivity index (χ1n) is 5.83. The molecule has 2 aromatic heterocycles. The van der Waals surface area contributed by atoms with Gasteiger partial charge in [-0.1, -0.05) is 11.8 Å². The molecule has 20 heavy (non-hydrogen) atoms. The smallest absolute Gasteiger partial charge is 0.313 e. The third kappa shape index (κ3) is 3.28. The molecule has 0 atom stereocenters. The van der Waals surface area contributed by atoms with Crippen LogP contribution in [0.5, 0.6) is 0 Å². The van der Waals surface area contributed by atoms with E-state index in [1.54, 1.807) is 15.9 Å². The summed E-state index contributed by atoms with van der Waals surface area (Å²) in [5, 5.41) is 17.4. The van der Waals surface area contributed by atoms with E-state index in [9.17, 15) is 4.79 Å². The molecule has 1 N–H and O–H groups in total. The summed E-state index contributed by atoms with van der Waals surface area (Å²) < 4.78 is 1.80. The first-order chi connectivity index (χ1) is 9.49. The van der Waals surface area contributed by atoms with Gasteiger partial charge in [0.15, 0.2) is 5.16 Å². The minimum absolute atomic E-state index is 0.0242. The van der Waals surface area contributed by atoms with Crippen molar-refractivity contribution in [1.29, 1.82) is 0 Å². The van der Waals surface area contributed by atoms with Crippen molar-refractivity contribution >= 4 is 35.0 Å². The van der Waals surface area contributed by atoms with E-state index in [0.717, 1.165) is 17.5 Å². The van der Waals surface area contributed by atoms with Gasteiger partial charge >= 0.3 is 5.97 Å². The lowest BCUT2D eigenvalue weighted by Crippen LogP contribution is -2.20. The van der Waals surface area contributed by atoms with Crippen molar-refractivity contribution in [3.8, 4) is 0 Å². The van der Waals surface area contributed by atoms with Gasteiger partial charge in [-0.3, -0.25) is 9.36 Å². The van der Waals surface area contributed by atoms with Crippen molar-refractivity contribution in [3.63, 3.8) is 0 Å². The zero-order chi connectivity index (χ0) is 14.7.